The smallest absolute Gasteiger partial charge is 0.246 e. The molecule has 1 saturated heterocycles. The van der Waals surface area contributed by atoms with E-state index in [1.807, 2.05) is 26.2 Å². The van der Waals surface area contributed by atoms with Gasteiger partial charge in [0.25, 0.3) is 0 Å². The van der Waals surface area contributed by atoms with Crippen molar-refractivity contribution < 1.29 is 9.53 Å². The lowest BCUT2D eigenvalue weighted by Gasteiger charge is -2.41. The van der Waals surface area contributed by atoms with Crippen LogP contribution in [0.4, 0.5) is 0 Å². The maximum atomic E-state index is 12.2. The van der Waals surface area contributed by atoms with Crippen LogP contribution >= 0.6 is 0 Å². The Hall–Kier alpha value is -1.36. The minimum atomic E-state index is -0.250. The van der Waals surface area contributed by atoms with Gasteiger partial charge < -0.3 is 9.64 Å². The van der Waals surface area contributed by atoms with Gasteiger partial charge in [0.05, 0.1) is 13.2 Å². The summed E-state index contributed by atoms with van der Waals surface area (Å²) in [5.74, 6) is 0.0850. The van der Waals surface area contributed by atoms with E-state index in [1.54, 1.807) is 15.8 Å². The van der Waals surface area contributed by atoms with Crippen LogP contribution in [-0.2, 0) is 9.53 Å². The van der Waals surface area contributed by atoms with Crippen molar-refractivity contribution in [1.29, 1.82) is 0 Å². The molecule has 0 aliphatic carbocycles. The van der Waals surface area contributed by atoms with Crippen LogP contribution in [0.5, 0.6) is 0 Å². The molecule has 2 heterocycles. The van der Waals surface area contributed by atoms with Crippen molar-refractivity contribution in [2.24, 2.45) is 5.41 Å². The van der Waals surface area contributed by atoms with Gasteiger partial charge in [-0.1, -0.05) is 6.92 Å². The molecule has 17 heavy (non-hydrogen) atoms. The Kier molecular flexibility index (Phi) is 3.19. The fourth-order valence-corrected chi connectivity index (χ4v) is 2.13. The number of amides is 1. The van der Waals surface area contributed by atoms with E-state index in [0.717, 1.165) is 19.8 Å². The SMILES string of the molecule is C[C@@H](C(=O)N(C)CC1(C)COC1)n1cccn1. The van der Waals surface area contributed by atoms with Gasteiger partial charge in [0.15, 0.2) is 0 Å². The molecule has 1 atom stereocenters. The maximum absolute atomic E-state index is 12.2. The van der Waals surface area contributed by atoms with Crippen LogP contribution in [0, 0.1) is 5.41 Å². The molecule has 5 heteroatoms. The number of hydrogen-bond donors (Lipinski definition) is 0. The van der Waals surface area contributed by atoms with E-state index in [9.17, 15) is 4.79 Å². The number of carbonyl (C=O) groups excluding carboxylic acids is 1. The molecule has 0 aromatic carbocycles. The molecular formula is C12H19N3O2. The number of carbonyl (C=O) groups is 1. The molecule has 0 radical (unpaired) electrons. The highest BCUT2D eigenvalue weighted by molar-refractivity contribution is 5.79. The molecule has 5 nitrogen and oxygen atoms in total. The number of hydrogen-bond acceptors (Lipinski definition) is 3. The molecule has 2 rings (SSSR count). The van der Waals surface area contributed by atoms with Gasteiger partial charge in [-0.3, -0.25) is 9.48 Å². The molecule has 0 spiro atoms. The lowest BCUT2D eigenvalue weighted by atomic mass is 9.88. The van der Waals surface area contributed by atoms with Crippen LogP contribution in [0.1, 0.15) is 19.9 Å². The average molecular weight is 237 g/mol. The summed E-state index contributed by atoms with van der Waals surface area (Å²) in [5, 5.41) is 4.09. The van der Waals surface area contributed by atoms with Crippen molar-refractivity contribution in [1.82, 2.24) is 14.7 Å². The predicted molar refractivity (Wildman–Crippen MR) is 63.5 cm³/mol. The fraction of sp³-hybridized carbons (Fsp3) is 0.667. The van der Waals surface area contributed by atoms with E-state index in [1.165, 1.54) is 0 Å². The summed E-state index contributed by atoms with van der Waals surface area (Å²) in [5.41, 5.74) is 0.119. The molecule has 1 aromatic rings. The Balaban J connectivity index is 1.95. The van der Waals surface area contributed by atoms with Gasteiger partial charge in [0.1, 0.15) is 6.04 Å². The summed E-state index contributed by atoms with van der Waals surface area (Å²) in [4.78, 5) is 14.0. The molecule has 0 N–H and O–H groups in total. The minimum Gasteiger partial charge on any atom is -0.380 e. The number of nitrogens with zero attached hydrogens (tertiary/aromatic N) is 3. The highest BCUT2D eigenvalue weighted by atomic mass is 16.5. The first-order valence-electron chi connectivity index (χ1n) is 5.84. The summed E-state index contributed by atoms with van der Waals surface area (Å²) >= 11 is 0. The summed E-state index contributed by atoms with van der Waals surface area (Å²) in [6.45, 7) is 6.21. The quantitative estimate of drug-likeness (QED) is 0.783. The zero-order valence-electron chi connectivity index (χ0n) is 10.6. The van der Waals surface area contributed by atoms with Gasteiger partial charge in [-0.25, -0.2) is 0 Å². The zero-order valence-corrected chi connectivity index (χ0v) is 10.6. The Bertz CT molecular complexity index is 384. The Morgan fingerprint density at radius 2 is 2.35 bits per heavy atom. The van der Waals surface area contributed by atoms with E-state index < -0.39 is 0 Å². The first-order valence-corrected chi connectivity index (χ1v) is 5.84. The number of likely N-dealkylation sites (N-methyl/N-ethyl adjacent to an activating group) is 1. The molecule has 0 bridgehead atoms. The van der Waals surface area contributed by atoms with Crippen LogP contribution in [0.15, 0.2) is 18.5 Å². The molecule has 1 aromatic heterocycles. The van der Waals surface area contributed by atoms with Crippen molar-refractivity contribution in [3.63, 3.8) is 0 Å². The fourth-order valence-electron chi connectivity index (χ4n) is 2.13. The lowest BCUT2D eigenvalue weighted by Crippen LogP contribution is -2.50. The molecule has 0 saturated carbocycles. The standard InChI is InChI=1S/C12H19N3O2/c1-10(15-6-4-5-13-15)11(16)14(3)7-12(2)8-17-9-12/h4-6,10H,7-9H2,1-3H3/t10-/m0/s1. The van der Waals surface area contributed by atoms with Crippen molar-refractivity contribution in [2.45, 2.75) is 19.9 Å². The highest BCUT2D eigenvalue weighted by Crippen LogP contribution is 2.27. The summed E-state index contributed by atoms with van der Waals surface area (Å²) in [6, 6.07) is 1.57. The van der Waals surface area contributed by atoms with Crippen LogP contribution in [0.2, 0.25) is 0 Å². The number of rotatable bonds is 4. The zero-order chi connectivity index (χ0) is 12.5. The topological polar surface area (TPSA) is 47.4 Å². The van der Waals surface area contributed by atoms with Crippen molar-refractivity contribution >= 4 is 5.91 Å². The maximum Gasteiger partial charge on any atom is 0.246 e. The number of ether oxygens (including phenoxy) is 1. The van der Waals surface area contributed by atoms with Gasteiger partial charge in [0, 0.05) is 31.4 Å². The number of aromatic nitrogens is 2. The highest BCUT2D eigenvalue weighted by Gasteiger charge is 2.36. The monoisotopic (exact) mass is 237 g/mol. The third-order valence-electron chi connectivity index (χ3n) is 3.18. The van der Waals surface area contributed by atoms with E-state index in [4.69, 9.17) is 4.74 Å². The van der Waals surface area contributed by atoms with Gasteiger partial charge >= 0.3 is 0 Å². The van der Waals surface area contributed by atoms with E-state index in [-0.39, 0.29) is 17.4 Å². The molecule has 1 fully saturated rings. The van der Waals surface area contributed by atoms with Crippen molar-refractivity contribution in [2.75, 3.05) is 26.8 Å². The molecule has 1 aliphatic rings. The van der Waals surface area contributed by atoms with Crippen LogP contribution < -0.4 is 0 Å². The normalized spacial score (nSPS) is 19.5. The van der Waals surface area contributed by atoms with Gasteiger partial charge in [-0.05, 0) is 13.0 Å². The molecule has 1 amide bonds. The van der Waals surface area contributed by atoms with E-state index >= 15 is 0 Å². The second-order valence-corrected chi connectivity index (χ2v) is 5.16. The molecule has 0 unspecified atom stereocenters. The minimum absolute atomic E-state index is 0.0850. The van der Waals surface area contributed by atoms with Crippen LogP contribution in [0.25, 0.3) is 0 Å². The van der Waals surface area contributed by atoms with E-state index in [0.29, 0.717) is 0 Å². The largest absolute Gasteiger partial charge is 0.380 e. The Morgan fingerprint density at radius 3 is 2.82 bits per heavy atom. The lowest BCUT2D eigenvalue weighted by molar-refractivity contribution is -0.144. The molecular weight excluding hydrogens is 218 g/mol. The predicted octanol–water partition coefficient (Wildman–Crippen LogP) is 0.939. The third-order valence-corrected chi connectivity index (χ3v) is 3.18. The van der Waals surface area contributed by atoms with Gasteiger partial charge in [-0.2, -0.15) is 5.10 Å². The Labute approximate surface area is 101 Å². The third kappa shape index (κ3) is 2.49. The van der Waals surface area contributed by atoms with Crippen molar-refractivity contribution in [3.05, 3.63) is 18.5 Å². The van der Waals surface area contributed by atoms with Crippen molar-refractivity contribution in [3.8, 4) is 0 Å². The molecule has 94 valence electrons. The average Bonchev–Trinajstić information content (AvgIpc) is 2.78. The first-order chi connectivity index (χ1) is 8.02. The Morgan fingerprint density at radius 1 is 1.65 bits per heavy atom. The van der Waals surface area contributed by atoms with Gasteiger partial charge in [0.2, 0.25) is 5.91 Å². The second-order valence-electron chi connectivity index (χ2n) is 5.16. The first kappa shape index (κ1) is 12.1. The van der Waals surface area contributed by atoms with Gasteiger partial charge in [-0.15, -0.1) is 0 Å². The van der Waals surface area contributed by atoms with E-state index in [2.05, 4.69) is 12.0 Å². The molecule has 1 aliphatic heterocycles. The summed E-state index contributed by atoms with van der Waals surface area (Å²) in [7, 11) is 1.84. The van der Waals surface area contributed by atoms with Crippen LogP contribution in [-0.4, -0.2) is 47.4 Å². The van der Waals surface area contributed by atoms with Crippen LogP contribution in [0.3, 0.4) is 0 Å². The summed E-state index contributed by atoms with van der Waals surface area (Å²) in [6.07, 6.45) is 3.50. The summed E-state index contributed by atoms with van der Waals surface area (Å²) < 4.78 is 6.87. The second kappa shape index (κ2) is 4.49.